The molecule has 0 saturated heterocycles. The van der Waals surface area contributed by atoms with Crippen LogP contribution in [0.5, 0.6) is 0 Å². The fourth-order valence-corrected chi connectivity index (χ4v) is 2.35. The van der Waals surface area contributed by atoms with Crippen molar-refractivity contribution in [3.05, 3.63) is 76.6 Å². The van der Waals surface area contributed by atoms with E-state index in [-0.39, 0.29) is 0 Å². The molecule has 114 valence electrons. The average molecular weight is 320 g/mol. The molecule has 3 aromatic rings. The third-order valence-electron chi connectivity index (χ3n) is 3.25. The Balaban J connectivity index is 1.90. The van der Waals surface area contributed by atoms with Gasteiger partial charge in [-0.1, -0.05) is 66.7 Å². The van der Waals surface area contributed by atoms with Gasteiger partial charge in [0.25, 0.3) is 0 Å². The van der Waals surface area contributed by atoms with Gasteiger partial charge in [0, 0.05) is 5.56 Å². The molecule has 0 amide bonds. The first-order valence-electron chi connectivity index (χ1n) is 7.24. The Morgan fingerprint density at radius 3 is 2.43 bits per heavy atom. The van der Waals surface area contributed by atoms with E-state index in [1.54, 1.807) is 10.9 Å². The second kappa shape index (κ2) is 6.98. The lowest BCUT2D eigenvalue weighted by atomic mass is 10.1. The van der Waals surface area contributed by atoms with Crippen molar-refractivity contribution < 1.29 is 0 Å². The molecule has 0 aliphatic rings. The molecule has 4 nitrogen and oxygen atoms in total. The van der Waals surface area contributed by atoms with Crippen LogP contribution in [0.25, 0.3) is 17.5 Å². The molecule has 0 radical (unpaired) electrons. The molecule has 0 unspecified atom stereocenters. The predicted molar refractivity (Wildman–Crippen MR) is 96.8 cm³/mol. The van der Waals surface area contributed by atoms with Gasteiger partial charge in [0.2, 0.25) is 4.77 Å². The molecule has 5 heteroatoms. The normalized spacial score (nSPS) is 12.0. The van der Waals surface area contributed by atoms with Gasteiger partial charge in [0.15, 0.2) is 5.82 Å². The summed E-state index contributed by atoms with van der Waals surface area (Å²) in [4.78, 5) is 0. The number of aromatic nitrogens is 3. The fraction of sp³-hybridized carbons (Fsp3) is 0.0556. The summed E-state index contributed by atoms with van der Waals surface area (Å²) in [5, 5.41) is 11.5. The summed E-state index contributed by atoms with van der Waals surface area (Å²) in [5.74, 6) is 0.694. The molecule has 0 atom stereocenters. The summed E-state index contributed by atoms with van der Waals surface area (Å²) in [6.45, 7) is 2.00. The van der Waals surface area contributed by atoms with Gasteiger partial charge in [-0.05, 0) is 30.3 Å². The molecule has 0 fully saturated rings. The Morgan fingerprint density at radius 2 is 1.74 bits per heavy atom. The van der Waals surface area contributed by atoms with E-state index in [2.05, 4.69) is 33.5 Å². The lowest BCUT2D eigenvalue weighted by Crippen LogP contribution is -1.94. The molecule has 1 aromatic heterocycles. The molecule has 1 N–H and O–H groups in total. The number of hydrogen-bond acceptors (Lipinski definition) is 3. The van der Waals surface area contributed by atoms with Crippen LogP contribution in [0.3, 0.4) is 0 Å². The number of nitrogens with one attached hydrogen (secondary N) is 1. The molecule has 0 spiro atoms. The highest BCUT2D eigenvalue weighted by atomic mass is 32.1. The first-order valence-corrected chi connectivity index (χ1v) is 7.65. The fourth-order valence-electron chi connectivity index (χ4n) is 2.17. The lowest BCUT2D eigenvalue weighted by molar-refractivity contribution is 0.871. The van der Waals surface area contributed by atoms with E-state index in [0.29, 0.717) is 10.6 Å². The Hall–Kier alpha value is -2.79. The number of rotatable bonds is 4. The standard InChI is InChI=1S/C18H16N4S/c1-14(12-15-8-4-2-5-9-15)13-19-22-17(20-21-18(22)23)16-10-6-3-7-11-16/h2-13H,1H3,(H,21,23)/b14-12-,19-13-. The van der Waals surface area contributed by atoms with E-state index in [1.165, 1.54) is 0 Å². The second-order valence-corrected chi connectivity index (χ2v) is 5.46. The zero-order valence-electron chi connectivity index (χ0n) is 12.7. The summed E-state index contributed by atoms with van der Waals surface area (Å²) in [6, 6.07) is 20.0. The molecule has 1 heterocycles. The van der Waals surface area contributed by atoms with Crippen molar-refractivity contribution in [3.8, 4) is 11.4 Å². The van der Waals surface area contributed by atoms with Crippen molar-refractivity contribution in [2.24, 2.45) is 5.10 Å². The van der Waals surface area contributed by atoms with Gasteiger partial charge in [0.05, 0.1) is 6.21 Å². The van der Waals surface area contributed by atoms with Crippen LogP contribution >= 0.6 is 12.2 Å². The van der Waals surface area contributed by atoms with E-state index >= 15 is 0 Å². The molecule has 0 aliphatic heterocycles. The summed E-state index contributed by atoms with van der Waals surface area (Å²) in [7, 11) is 0. The Kier molecular flexibility index (Phi) is 4.59. The molecular formula is C18H16N4S. The maximum absolute atomic E-state index is 5.27. The van der Waals surface area contributed by atoms with Gasteiger partial charge in [-0.3, -0.25) is 0 Å². The molecule has 0 aliphatic carbocycles. The van der Waals surface area contributed by atoms with E-state index < -0.39 is 0 Å². The summed E-state index contributed by atoms with van der Waals surface area (Å²) in [5.41, 5.74) is 3.12. The van der Waals surface area contributed by atoms with Crippen molar-refractivity contribution in [2.75, 3.05) is 0 Å². The van der Waals surface area contributed by atoms with Crippen molar-refractivity contribution in [1.29, 1.82) is 0 Å². The van der Waals surface area contributed by atoms with E-state index in [1.807, 2.05) is 55.5 Å². The zero-order chi connectivity index (χ0) is 16.1. The zero-order valence-corrected chi connectivity index (χ0v) is 13.5. The number of hydrogen-bond donors (Lipinski definition) is 1. The molecule has 2 aromatic carbocycles. The minimum absolute atomic E-state index is 0.465. The Morgan fingerprint density at radius 1 is 1.09 bits per heavy atom. The van der Waals surface area contributed by atoms with Crippen molar-refractivity contribution in [3.63, 3.8) is 0 Å². The van der Waals surface area contributed by atoms with Crippen LogP contribution in [0.15, 0.2) is 71.3 Å². The van der Waals surface area contributed by atoms with Crippen molar-refractivity contribution in [2.45, 2.75) is 6.92 Å². The van der Waals surface area contributed by atoms with Gasteiger partial charge in [-0.2, -0.15) is 14.9 Å². The van der Waals surface area contributed by atoms with Gasteiger partial charge in [-0.15, -0.1) is 0 Å². The van der Waals surface area contributed by atoms with E-state index in [9.17, 15) is 0 Å². The summed E-state index contributed by atoms with van der Waals surface area (Å²) < 4.78 is 2.10. The molecular weight excluding hydrogens is 304 g/mol. The van der Waals surface area contributed by atoms with Crippen LogP contribution in [-0.4, -0.2) is 21.1 Å². The van der Waals surface area contributed by atoms with E-state index in [0.717, 1.165) is 16.7 Å². The van der Waals surface area contributed by atoms with Gasteiger partial charge in [0.1, 0.15) is 0 Å². The molecule has 23 heavy (non-hydrogen) atoms. The van der Waals surface area contributed by atoms with Gasteiger partial charge < -0.3 is 0 Å². The Bertz CT molecular complexity index is 890. The molecule has 3 rings (SSSR count). The first-order chi connectivity index (χ1) is 11.2. The highest BCUT2D eigenvalue weighted by molar-refractivity contribution is 7.71. The smallest absolute Gasteiger partial charge is 0.216 e. The summed E-state index contributed by atoms with van der Waals surface area (Å²) in [6.07, 6.45) is 3.85. The van der Waals surface area contributed by atoms with Crippen LogP contribution in [0.1, 0.15) is 12.5 Å². The first kappa shape index (κ1) is 15.1. The van der Waals surface area contributed by atoms with Crippen LogP contribution in [0, 0.1) is 4.77 Å². The minimum atomic E-state index is 0.465. The Labute approximate surface area is 139 Å². The molecule has 0 saturated carbocycles. The monoisotopic (exact) mass is 320 g/mol. The minimum Gasteiger partial charge on any atom is -0.250 e. The van der Waals surface area contributed by atoms with Gasteiger partial charge >= 0.3 is 0 Å². The quantitative estimate of drug-likeness (QED) is 0.566. The van der Waals surface area contributed by atoms with Crippen molar-refractivity contribution in [1.82, 2.24) is 14.9 Å². The van der Waals surface area contributed by atoms with E-state index in [4.69, 9.17) is 12.2 Å². The van der Waals surface area contributed by atoms with Crippen LogP contribution in [0.2, 0.25) is 0 Å². The number of H-pyrrole nitrogens is 1. The van der Waals surface area contributed by atoms with Crippen LogP contribution in [0.4, 0.5) is 0 Å². The topological polar surface area (TPSA) is 46.0 Å². The highest BCUT2D eigenvalue weighted by Crippen LogP contribution is 2.16. The van der Waals surface area contributed by atoms with Crippen LogP contribution in [-0.2, 0) is 0 Å². The highest BCUT2D eigenvalue weighted by Gasteiger charge is 2.06. The maximum atomic E-state index is 5.27. The third kappa shape index (κ3) is 3.70. The number of nitrogens with zero attached hydrogens (tertiary/aromatic N) is 3. The van der Waals surface area contributed by atoms with Crippen molar-refractivity contribution >= 4 is 24.5 Å². The SMILES string of the molecule is CC(/C=N\n1c(-c2ccccc2)n[nH]c1=S)=C/c1ccccc1. The maximum Gasteiger partial charge on any atom is 0.216 e. The largest absolute Gasteiger partial charge is 0.250 e. The number of aromatic amines is 1. The number of benzene rings is 2. The predicted octanol–water partition coefficient (Wildman–Crippen LogP) is 4.55. The van der Waals surface area contributed by atoms with Crippen LogP contribution < -0.4 is 0 Å². The lowest BCUT2D eigenvalue weighted by Gasteiger charge is -2.00. The average Bonchev–Trinajstić information content (AvgIpc) is 2.95. The second-order valence-electron chi connectivity index (χ2n) is 5.07. The third-order valence-corrected chi connectivity index (χ3v) is 3.52. The number of allylic oxidation sites excluding steroid dienone is 1. The van der Waals surface area contributed by atoms with Gasteiger partial charge in [-0.25, -0.2) is 5.10 Å². The summed E-state index contributed by atoms with van der Waals surface area (Å²) >= 11 is 5.27. The molecule has 0 bridgehead atoms.